The van der Waals surface area contributed by atoms with Crippen LogP contribution in [0.1, 0.15) is 29.4 Å². The number of benzene rings is 1. The van der Waals surface area contributed by atoms with Gasteiger partial charge in [0.2, 0.25) is 0 Å². The molecule has 1 aliphatic heterocycles. The Labute approximate surface area is 163 Å². The third kappa shape index (κ3) is 3.68. The fourth-order valence-corrected chi connectivity index (χ4v) is 4.32. The Balaban J connectivity index is 1.93. The van der Waals surface area contributed by atoms with E-state index in [1.807, 2.05) is 55.8 Å². The topological polar surface area (TPSA) is 47.4 Å². The van der Waals surface area contributed by atoms with Crippen LogP contribution in [0.15, 0.2) is 29.2 Å². The quantitative estimate of drug-likeness (QED) is 0.577. The Hall–Kier alpha value is -2.12. The minimum Gasteiger partial charge on any atom is -0.496 e. The van der Waals surface area contributed by atoms with Gasteiger partial charge in [-0.3, -0.25) is 14.4 Å². The number of likely N-dealkylation sites (N-methyl/N-ethyl adjacent to an activating group) is 1. The highest BCUT2D eigenvalue weighted by Gasteiger charge is 2.30. The molecule has 1 fully saturated rings. The molecule has 1 aliphatic rings. The molecular formula is C19H21N3O2S2. The van der Waals surface area contributed by atoms with E-state index >= 15 is 0 Å². The van der Waals surface area contributed by atoms with Crippen molar-refractivity contribution in [2.24, 2.45) is 0 Å². The van der Waals surface area contributed by atoms with Crippen molar-refractivity contribution in [2.45, 2.75) is 27.3 Å². The normalized spacial score (nSPS) is 16.0. The first-order chi connectivity index (χ1) is 12.4. The molecule has 3 rings (SSSR count). The molecule has 136 valence electrons. The third-order valence-electron chi connectivity index (χ3n) is 4.22. The molecule has 2 aromatic rings. The average molecular weight is 388 g/mol. The van der Waals surface area contributed by atoms with Crippen LogP contribution in [0.25, 0.3) is 6.08 Å². The highest BCUT2D eigenvalue weighted by Crippen LogP contribution is 2.33. The molecule has 0 spiro atoms. The monoisotopic (exact) mass is 387 g/mol. The number of amides is 1. The van der Waals surface area contributed by atoms with Crippen molar-refractivity contribution in [1.29, 1.82) is 0 Å². The van der Waals surface area contributed by atoms with Gasteiger partial charge in [0, 0.05) is 17.8 Å². The zero-order chi connectivity index (χ0) is 18.8. The van der Waals surface area contributed by atoms with Crippen molar-refractivity contribution in [3.63, 3.8) is 0 Å². The maximum absolute atomic E-state index is 12.4. The molecule has 26 heavy (non-hydrogen) atoms. The number of thioether (sulfide) groups is 1. The van der Waals surface area contributed by atoms with Crippen molar-refractivity contribution in [3.8, 4) is 5.75 Å². The minimum absolute atomic E-state index is 0.0292. The van der Waals surface area contributed by atoms with E-state index in [0.29, 0.717) is 22.3 Å². The Bertz CT molecular complexity index is 902. The minimum atomic E-state index is -0.0292. The highest BCUT2D eigenvalue weighted by molar-refractivity contribution is 8.26. The zero-order valence-electron chi connectivity index (χ0n) is 15.3. The molecule has 1 saturated heterocycles. The van der Waals surface area contributed by atoms with Crippen molar-refractivity contribution in [3.05, 3.63) is 51.7 Å². The third-order valence-corrected chi connectivity index (χ3v) is 5.59. The maximum Gasteiger partial charge on any atom is 0.266 e. The van der Waals surface area contributed by atoms with Crippen LogP contribution in [0, 0.1) is 13.8 Å². The summed E-state index contributed by atoms with van der Waals surface area (Å²) in [5, 5.41) is 4.52. The van der Waals surface area contributed by atoms with Gasteiger partial charge in [0.25, 0.3) is 5.91 Å². The van der Waals surface area contributed by atoms with Crippen molar-refractivity contribution < 1.29 is 9.53 Å². The Morgan fingerprint density at radius 1 is 1.31 bits per heavy atom. The lowest BCUT2D eigenvalue weighted by Crippen LogP contribution is -2.27. The number of aryl methyl sites for hydroxylation is 2. The van der Waals surface area contributed by atoms with Crippen LogP contribution in [0.5, 0.6) is 5.75 Å². The van der Waals surface area contributed by atoms with E-state index in [4.69, 9.17) is 17.0 Å². The number of rotatable bonds is 5. The second-order valence-corrected chi connectivity index (χ2v) is 7.76. The van der Waals surface area contributed by atoms with Crippen molar-refractivity contribution >= 4 is 40.3 Å². The summed E-state index contributed by atoms with van der Waals surface area (Å²) in [6.07, 6.45) is 1.89. The lowest BCUT2D eigenvalue weighted by Gasteiger charge is -2.11. The van der Waals surface area contributed by atoms with E-state index in [1.165, 1.54) is 11.8 Å². The summed E-state index contributed by atoms with van der Waals surface area (Å²) in [5.41, 5.74) is 4.04. The maximum atomic E-state index is 12.4. The smallest absolute Gasteiger partial charge is 0.266 e. The van der Waals surface area contributed by atoms with Gasteiger partial charge in [-0.1, -0.05) is 30.0 Å². The predicted octanol–water partition coefficient (Wildman–Crippen LogP) is 3.78. The number of methoxy groups -OCH3 is 1. The van der Waals surface area contributed by atoms with Crippen LogP contribution in [0.3, 0.4) is 0 Å². The first kappa shape index (κ1) is 18.7. The summed E-state index contributed by atoms with van der Waals surface area (Å²) in [6, 6.07) is 7.95. The molecular weight excluding hydrogens is 366 g/mol. The van der Waals surface area contributed by atoms with E-state index in [9.17, 15) is 4.79 Å². The summed E-state index contributed by atoms with van der Waals surface area (Å²) >= 11 is 6.62. The van der Waals surface area contributed by atoms with Gasteiger partial charge in [-0.25, -0.2) is 0 Å². The van der Waals surface area contributed by atoms with Gasteiger partial charge in [0.05, 0.1) is 24.3 Å². The van der Waals surface area contributed by atoms with E-state index in [2.05, 4.69) is 5.10 Å². The fourth-order valence-electron chi connectivity index (χ4n) is 2.93. The zero-order valence-corrected chi connectivity index (χ0v) is 16.9. The molecule has 0 saturated carbocycles. The SMILES string of the molecule is CCN1C(=O)/C(=C/c2ccc(OC)c(Cn3nc(C)cc3C)c2)SC1=S. The van der Waals surface area contributed by atoms with Crippen molar-refractivity contribution in [1.82, 2.24) is 14.7 Å². The van der Waals surface area contributed by atoms with Gasteiger partial charge >= 0.3 is 0 Å². The second-order valence-electron chi connectivity index (χ2n) is 6.08. The highest BCUT2D eigenvalue weighted by atomic mass is 32.2. The Morgan fingerprint density at radius 3 is 2.65 bits per heavy atom. The number of hydrogen-bond acceptors (Lipinski definition) is 5. The number of hydrogen-bond donors (Lipinski definition) is 0. The summed E-state index contributed by atoms with van der Waals surface area (Å²) in [5.74, 6) is 0.772. The van der Waals surface area contributed by atoms with Crippen LogP contribution in [0.2, 0.25) is 0 Å². The lowest BCUT2D eigenvalue weighted by atomic mass is 10.1. The first-order valence-electron chi connectivity index (χ1n) is 8.36. The molecule has 0 radical (unpaired) electrons. The molecule has 0 N–H and O–H groups in total. The molecule has 0 atom stereocenters. The molecule has 0 aliphatic carbocycles. The van der Waals surface area contributed by atoms with Crippen LogP contribution >= 0.6 is 24.0 Å². The molecule has 1 amide bonds. The van der Waals surface area contributed by atoms with Gasteiger partial charge in [-0.2, -0.15) is 5.10 Å². The van der Waals surface area contributed by atoms with Gasteiger partial charge in [0.1, 0.15) is 10.1 Å². The van der Waals surface area contributed by atoms with E-state index in [1.54, 1.807) is 12.0 Å². The second kappa shape index (κ2) is 7.63. The number of thiocarbonyl (C=S) groups is 1. The van der Waals surface area contributed by atoms with Gasteiger partial charge < -0.3 is 4.74 Å². The molecule has 1 aromatic carbocycles. The predicted molar refractivity (Wildman–Crippen MR) is 109 cm³/mol. The number of ether oxygens (including phenoxy) is 1. The summed E-state index contributed by atoms with van der Waals surface area (Å²) < 4.78 is 8.06. The summed E-state index contributed by atoms with van der Waals surface area (Å²) in [7, 11) is 1.66. The fraction of sp³-hybridized carbons (Fsp3) is 0.316. The van der Waals surface area contributed by atoms with E-state index < -0.39 is 0 Å². The van der Waals surface area contributed by atoms with Gasteiger partial charge in [-0.05, 0) is 50.6 Å². The standard InChI is InChI=1S/C19H21N3O2S2/c1-5-21-18(23)17(26-19(21)25)10-14-6-7-16(24-4)15(9-14)11-22-13(3)8-12(2)20-22/h6-10H,5,11H2,1-4H3/b17-10-. The molecule has 7 heteroatoms. The molecule has 2 heterocycles. The Morgan fingerprint density at radius 2 is 2.08 bits per heavy atom. The molecule has 0 bridgehead atoms. The van der Waals surface area contributed by atoms with E-state index in [-0.39, 0.29) is 5.91 Å². The van der Waals surface area contributed by atoms with Crippen LogP contribution < -0.4 is 4.74 Å². The molecule has 0 unspecified atom stereocenters. The Kier molecular flexibility index (Phi) is 5.48. The number of aromatic nitrogens is 2. The van der Waals surface area contributed by atoms with Gasteiger partial charge in [0.15, 0.2) is 0 Å². The van der Waals surface area contributed by atoms with Crippen LogP contribution in [0.4, 0.5) is 0 Å². The number of nitrogens with zero attached hydrogens (tertiary/aromatic N) is 3. The van der Waals surface area contributed by atoms with Crippen LogP contribution in [-0.4, -0.2) is 38.6 Å². The number of carbonyl (C=O) groups excluding carboxylic acids is 1. The summed E-state index contributed by atoms with van der Waals surface area (Å²) in [4.78, 5) is 14.7. The first-order valence-corrected chi connectivity index (χ1v) is 9.58. The van der Waals surface area contributed by atoms with E-state index in [0.717, 1.165) is 28.3 Å². The lowest BCUT2D eigenvalue weighted by molar-refractivity contribution is -0.121. The average Bonchev–Trinajstić information content (AvgIpc) is 3.05. The van der Waals surface area contributed by atoms with Gasteiger partial charge in [-0.15, -0.1) is 0 Å². The van der Waals surface area contributed by atoms with Crippen LogP contribution in [-0.2, 0) is 11.3 Å². The molecule has 1 aromatic heterocycles. The van der Waals surface area contributed by atoms with Crippen molar-refractivity contribution in [2.75, 3.05) is 13.7 Å². The largest absolute Gasteiger partial charge is 0.496 e. The summed E-state index contributed by atoms with van der Waals surface area (Å²) in [6.45, 7) is 7.14. The number of carbonyl (C=O) groups is 1. The molecule has 5 nitrogen and oxygen atoms in total.